The molecule has 0 radical (unpaired) electrons. The summed E-state index contributed by atoms with van der Waals surface area (Å²) in [5, 5.41) is 0. The van der Waals surface area contributed by atoms with Gasteiger partial charge in [0.2, 0.25) is 0 Å². The Balaban J connectivity index is 1.42. The van der Waals surface area contributed by atoms with Crippen LogP contribution in [-0.4, -0.2) is 33.4 Å². The number of nitrogens with zero attached hydrogens (tertiary/aromatic N) is 3. The number of halogens is 3. The first-order valence-electron chi connectivity index (χ1n) is 9.71. The predicted molar refractivity (Wildman–Crippen MR) is 105 cm³/mol. The smallest absolute Gasteiger partial charge is 0.339 e. The lowest BCUT2D eigenvalue weighted by Crippen LogP contribution is -2.39. The normalized spacial score (nSPS) is 15.8. The number of alkyl halides is 3. The molecule has 0 atom stereocenters. The molecule has 0 saturated carbocycles. The summed E-state index contributed by atoms with van der Waals surface area (Å²) >= 11 is 0. The fourth-order valence-electron chi connectivity index (χ4n) is 4.01. The summed E-state index contributed by atoms with van der Waals surface area (Å²) in [6.07, 6.45) is -2.82. The van der Waals surface area contributed by atoms with E-state index in [1.807, 2.05) is 25.1 Å². The molecule has 1 aliphatic rings. The lowest BCUT2D eigenvalue weighted by molar-refractivity contribution is -0.137. The molecule has 0 spiro atoms. The molecule has 0 bridgehead atoms. The van der Waals surface area contributed by atoms with E-state index in [1.165, 1.54) is 12.1 Å². The fourth-order valence-corrected chi connectivity index (χ4v) is 4.01. The minimum absolute atomic E-state index is 0.0923. The third kappa shape index (κ3) is 3.99. The van der Waals surface area contributed by atoms with Crippen molar-refractivity contribution < 1.29 is 18.0 Å². The molecule has 0 N–H and O–H groups in total. The third-order valence-corrected chi connectivity index (χ3v) is 5.62. The monoisotopic (exact) mass is 401 g/mol. The molecule has 1 aliphatic heterocycles. The second-order valence-corrected chi connectivity index (χ2v) is 7.57. The molecule has 1 fully saturated rings. The van der Waals surface area contributed by atoms with E-state index in [0.717, 1.165) is 48.4 Å². The van der Waals surface area contributed by atoms with Crippen molar-refractivity contribution in [2.24, 2.45) is 5.92 Å². The van der Waals surface area contributed by atoms with Gasteiger partial charge in [0.25, 0.3) is 5.91 Å². The van der Waals surface area contributed by atoms with Gasteiger partial charge in [-0.3, -0.25) is 4.79 Å². The number of amides is 1. The van der Waals surface area contributed by atoms with Crippen LogP contribution in [0.5, 0.6) is 0 Å². The number of aryl methyl sites for hydroxylation is 1. The second kappa shape index (κ2) is 7.54. The number of carbonyl (C=O) groups is 1. The van der Waals surface area contributed by atoms with Crippen LogP contribution < -0.4 is 0 Å². The van der Waals surface area contributed by atoms with Gasteiger partial charge in [0.15, 0.2) is 0 Å². The molecule has 7 heteroatoms. The summed E-state index contributed by atoms with van der Waals surface area (Å²) in [7, 11) is 0. The number of aromatic nitrogens is 2. The quantitative estimate of drug-likeness (QED) is 0.625. The first kappa shape index (κ1) is 19.5. The number of para-hydroxylation sites is 2. The average Bonchev–Trinajstić information content (AvgIpc) is 3.03. The molecule has 0 aliphatic carbocycles. The van der Waals surface area contributed by atoms with E-state index < -0.39 is 11.7 Å². The number of hydrogen-bond donors (Lipinski definition) is 0. The zero-order valence-corrected chi connectivity index (χ0v) is 16.1. The third-order valence-electron chi connectivity index (χ3n) is 5.62. The summed E-state index contributed by atoms with van der Waals surface area (Å²) in [6, 6.07) is 12.7. The Labute approximate surface area is 167 Å². The van der Waals surface area contributed by atoms with Gasteiger partial charge in [-0.25, -0.2) is 4.98 Å². The molecule has 4 rings (SSSR count). The Kier molecular flexibility index (Phi) is 5.06. The maximum Gasteiger partial charge on any atom is 0.416 e. The SMILES string of the molecule is Cc1nc2ccccc2n1CC1CCN(C(=O)c2cccc(C(F)(F)F)c2)CC1. The van der Waals surface area contributed by atoms with Crippen LogP contribution in [-0.2, 0) is 12.7 Å². The highest BCUT2D eigenvalue weighted by Gasteiger charge is 2.32. The van der Waals surface area contributed by atoms with Crippen molar-refractivity contribution in [2.45, 2.75) is 32.5 Å². The molecule has 1 aromatic heterocycles. The lowest BCUT2D eigenvalue weighted by atomic mass is 9.96. The molecule has 1 saturated heterocycles. The van der Waals surface area contributed by atoms with Gasteiger partial charge in [-0.1, -0.05) is 18.2 Å². The van der Waals surface area contributed by atoms with Crippen LogP contribution >= 0.6 is 0 Å². The van der Waals surface area contributed by atoms with Gasteiger partial charge >= 0.3 is 6.18 Å². The predicted octanol–water partition coefficient (Wildman–Crippen LogP) is 4.92. The van der Waals surface area contributed by atoms with E-state index in [9.17, 15) is 18.0 Å². The molecule has 1 amide bonds. The van der Waals surface area contributed by atoms with Crippen molar-refractivity contribution in [1.82, 2.24) is 14.5 Å². The summed E-state index contributed by atoms with van der Waals surface area (Å²) in [6.45, 7) is 3.92. The summed E-state index contributed by atoms with van der Waals surface area (Å²) < 4.78 is 41.0. The minimum atomic E-state index is -4.45. The molecule has 2 aromatic carbocycles. The van der Waals surface area contributed by atoms with Crippen LogP contribution in [0.25, 0.3) is 11.0 Å². The topological polar surface area (TPSA) is 38.1 Å². The largest absolute Gasteiger partial charge is 0.416 e. The van der Waals surface area contributed by atoms with E-state index >= 15 is 0 Å². The molecular weight excluding hydrogens is 379 g/mol. The van der Waals surface area contributed by atoms with Crippen molar-refractivity contribution in [1.29, 1.82) is 0 Å². The van der Waals surface area contributed by atoms with Crippen LogP contribution in [0.2, 0.25) is 0 Å². The minimum Gasteiger partial charge on any atom is -0.339 e. The number of likely N-dealkylation sites (tertiary alicyclic amines) is 1. The number of carbonyl (C=O) groups excluding carboxylic acids is 1. The van der Waals surface area contributed by atoms with Gasteiger partial charge in [-0.2, -0.15) is 13.2 Å². The van der Waals surface area contributed by atoms with Crippen LogP contribution in [0.1, 0.15) is 34.6 Å². The van der Waals surface area contributed by atoms with Gasteiger partial charge in [0.1, 0.15) is 5.82 Å². The van der Waals surface area contributed by atoms with Gasteiger partial charge in [-0.15, -0.1) is 0 Å². The number of hydrogen-bond acceptors (Lipinski definition) is 2. The van der Waals surface area contributed by atoms with Crippen molar-refractivity contribution in [3.63, 3.8) is 0 Å². The molecule has 152 valence electrons. The van der Waals surface area contributed by atoms with Gasteiger partial charge in [-0.05, 0) is 56.0 Å². The number of piperidine rings is 1. The Bertz CT molecular complexity index is 1030. The summed E-state index contributed by atoms with van der Waals surface area (Å²) in [5.41, 5.74) is 1.38. The maximum absolute atomic E-state index is 12.9. The number of fused-ring (bicyclic) bond motifs is 1. The highest BCUT2D eigenvalue weighted by Crippen LogP contribution is 2.30. The van der Waals surface area contributed by atoms with E-state index in [1.54, 1.807) is 4.90 Å². The highest BCUT2D eigenvalue weighted by atomic mass is 19.4. The van der Waals surface area contributed by atoms with Crippen LogP contribution in [0.4, 0.5) is 13.2 Å². The van der Waals surface area contributed by atoms with Crippen molar-refractivity contribution in [3.05, 3.63) is 65.5 Å². The molecule has 3 aromatic rings. The first-order chi connectivity index (χ1) is 13.8. The molecule has 29 heavy (non-hydrogen) atoms. The summed E-state index contributed by atoms with van der Waals surface area (Å²) in [5.74, 6) is 1.03. The molecule has 0 unspecified atom stereocenters. The standard InChI is InChI=1S/C22H22F3N3O/c1-15-26-19-7-2-3-8-20(19)28(15)14-16-9-11-27(12-10-16)21(29)17-5-4-6-18(13-17)22(23,24)25/h2-8,13,16H,9-12,14H2,1H3. The second-order valence-electron chi connectivity index (χ2n) is 7.57. The van der Waals surface area contributed by atoms with E-state index in [2.05, 4.69) is 15.6 Å². The zero-order valence-electron chi connectivity index (χ0n) is 16.1. The Morgan fingerprint density at radius 2 is 1.83 bits per heavy atom. The molecule has 4 nitrogen and oxygen atoms in total. The highest BCUT2D eigenvalue weighted by molar-refractivity contribution is 5.94. The Morgan fingerprint density at radius 3 is 2.55 bits per heavy atom. The van der Waals surface area contributed by atoms with Crippen LogP contribution in [0.3, 0.4) is 0 Å². The van der Waals surface area contributed by atoms with Crippen molar-refractivity contribution in [2.75, 3.05) is 13.1 Å². The van der Waals surface area contributed by atoms with Gasteiger partial charge < -0.3 is 9.47 Å². The van der Waals surface area contributed by atoms with Gasteiger partial charge in [0.05, 0.1) is 16.6 Å². The van der Waals surface area contributed by atoms with E-state index in [4.69, 9.17) is 0 Å². The number of rotatable bonds is 3. The Morgan fingerprint density at radius 1 is 1.10 bits per heavy atom. The average molecular weight is 401 g/mol. The maximum atomic E-state index is 12.9. The number of imidazole rings is 1. The van der Waals surface area contributed by atoms with Crippen molar-refractivity contribution >= 4 is 16.9 Å². The van der Waals surface area contributed by atoms with E-state index in [-0.39, 0.29) is 11.5 Å². The van der Waals surface area contributed by atoms with Crippen molar-refractivity contribution in [3.8, 4) is 0 Å². The van der Waals surface area contributed by atoms with Crippen LogP contribution in [0.15, 0.2) is 48.5 Å². The molecular formula is C22H22F3N3O. The fraction of sp³-hybridized carbons (Fsp3) is 0.364. The van der Waals surface area contributed by atoms with E-state index in [0.29, 0.717) is 19.0 Å². The Hall–Kier alpha value is -2.83. The lowest BCUT2D eigenvalue weighted by Gasteiger charge is -2.32. The zero-order chi connectivity index (χ0) is 20.6. The number of benzene rings is 2. The first-order valence-corrected chi connectivity index (χ1v) is 9.71. The van der Waals surface area contributed by atoms with Crippen LogP contribution in [0, 0.1) is 12.8 Å². The van der Waals surface area contributed by atoms with Gasteiger partial charge in [0, 0.05) is 25.2 Å². The molecule has 2 heterocycles. The summed E-state index contributed by atoms with van der Waals surface area (Å²) in [4.78, 5) is 18.9.